The zero-order chi connectivity index (χ0) is 20.3. The van der Waals surface area contributed by atoms with Gasteiger partial charge in [0.2, 0.25) is 5.75 Å². The van der Waals surface area contributed by atoms with Gasteiger partial charge in [0, 0.05) is 12.6 Å². The van der Waals surface area contributed by atoms with Crippen molar-refractivity contribution >= 4 is 28.4 Å². The standard InChI is InChI=1S/C20H18N4O4/c1-3-23-16-8-6-5-7-15(16)22-20(23)14(12-21)9-13-10-17(24(26)27)19(25)18(11-13)28-4-2/h5-11,25H,3-4H2,1-2H3/b14-9-. The Balaban J connectivity index is 2.19. The molecule has 8 heteroatoms. The molecule has 3 rings (SSSR count). The van der Waals surface area contributed by atoms with Crippen LogP contribution in [0.1, 0.15) is 25.2 Å². The van der Waals surface area contributed by atoms with Crippen molar-refractivity contribution in [1.29, 1.82) is 5.26 Å². The van der Waals surface area contributed by atoms with Crippen LogP contribution in [-0.4, -0.2) is 26.2 Å². The molecule has 0 bridgehead atoms. The molecule has 1 N–H and O–H groups in total. The van der Waals surface area contributed by atoms with Crippen LogP contribution < -0.4 is 4.74 Å². The first kappa shape index (κ1) is 18.9. The molecule has 0 spiro atoms. The van der Waals surface area contributed by atoms with Gasteiger partial charge in [-0.15, -0.1) is 0 Å². The average molecular weight is 378 g/mol. The molecule has 0 aliphatic heterocycles. The first-order chi connectivity index (χ1) is 13.5. The molecule has 142 valence electrons. The molecule has 0 aliphatic rings. The third-order valence-corrected chi connectivity index (χ3v) is 4.22. The van der Waals surface area contributed by atoms with E-state index in [0.717, 1.165) is 11.0 Å². The number of allylic oxidation sites excluding steroid dienone is 1. The van der Waals surface area contributed by atoms with Crippen LogP contribution in [0.15, 0.2) is 36.4 Å². The van der Waals surface area contributed by atoms with Crippen LogP contribution in [-0.2, 0) is 6.54 Å². The summed E-state index contributed by atoms with van der Waals surface area (Å²) in [5.41, 5.74) is 1.78. The number of aryl methyl sites for hydroxylation is 1. The summed E-state index contributed by atoms with van der Waals surface area (Å²) in [5.74, 6) is -0.0765. The number of rotatable bonds is 6. The molecular formula is C20H18N4O4. The molecule has 0 radical (unpaired) electrons. The van der Waals surface area contributed by atoms with Crippen molar-refractivity contribution < 1.29 is 14.8 Å². The Hall–Kier alpha value is -3.86. The predicted octanol–water partition coefficient (Wildman–Crippen LogP) is 4.13. The number of aromatic nitrogens is 2. The maximum absolute atomic E-state index is 11.3. The van der Waals surface area contributed by atoms with Gasteiger partial charge in [0.05, 0.1) is 28.1 Å². The lowest BCUT2D eigenvalue weighted by Crippen LogP contribution is -2.01. The molecular weight excluding hydrogens is 360 g/mol. The zero-order valence-electron chi connectivity index (χ0n) is 15.4. The SMILES string of the molecule is CCOc1cc(/C=C(/C#N)c2nc3ccccc3n2CC)cc([N+](=O)[O-])c1O. The van der Waals surface area contributed by atoms with Crippen LogP contribution in [0.4, 0.5) is 5.69 Å². The molecule has 3 aromatic rings. The van der Waals surface area contributed by atoms with E-state index in [1.165, 1.54) is 18.2 Å². The smallest absolute Gasteiger partial charge is 0.315 e. The lowest BCUT2D eigenvalue weighted by molar-refractivity contribution is -0.386. The van der Waals surface area contributed by atoms with E-state index in [2.05, 4.69) is 11.1 Å². The first-order valence-corrected chi connectivity index (χ1v) is 8.71. The summed E-state index contributed by atoms with van der Waals surface area (Å²) in [4.78, 5) is 15.1. The highest BCUT2D eigenvalue weighted by atomic mass is 16.6. The molecule has 2 aromatic carbocycles. The largest absolute Gasteiger partial charge is 0.500 e. The third-order valence-electron chi connectivity index (χ3n) is 4.22. The van der Waals surface area contributed by atoms with Crippen molar-refractivity contribution in [2.24, 2.45) is 0 Å². The minimum atomic E-state index is -0.692. The van der Waals surface area contributed by atoms with Gasteiger partial charge in [0.1, 0.15) is 6.07 Å². The second-order valence-corrected chi connectivity index (χ2v) is 5.92. The number of imidazole rings is 1. The van der Waals surface area contributed by atoms with Crippen LogP contribution in [0, 0.1) is 21.4 Å². The van der Waals surface area contributed by atoms with Crippen molar-refractivity contribution in [1.82, 2.24) is 9.55 Å². The van der Waals surface area contributed by atoms with E-state index in [1.807, 2.05) is 35.8 Å². The molecule has 1 aromatic heterocycles. The Labute approximate surface area is 161 Å². The van der Waals surface area contributed by atoms with Crippen molar-refractivity contribution in [2.75, 3.05) is 6.61 Å². The minimum Gasteiger partial charge on any atom is -0.500 e. The quantitative estimate of drug-likeness (QED) is 0.392. The van der Waals surface area contributed by atoms with Gasteiger partial charge >= 0.3 is 5.69 Å². The fraction of sp³-hybridized carbons (Fsp3) is 0.200. The highest BCUT2D eigenvalue weighted by Crippen LogP contribution is 2.38. The summed E-state index contributed by atoms with van der Waals surface area (Å²) in [6.07, 6.45) is 1.50. The number of nitro groups is 1. The Morgan fingerprint density at radius 1 is 1.39 bits per heavy atom. The molecule has 0 amide bonds. The highest BCUT2D eigenvalue weighted by molar-refractivity contribution is 5.91. The summed E-state index contributed by atoms with van der Waals surface area (Å²) in [6.45, 7) is 4.49. The van der Waals surface area contributed by atoms with Gasteiger partial charge in [-0.3, -0.25) is 10.1 Å². The van der Waals surface area contributed by atoms with Gasteiger partial charge in [-0.1, -0.05) is 12.1 Å². The summed E-state index contributed by atoms with van der Waals surface area (Å²) < 4.78 is 7.20. The van der Waals surface area contributed by atoms with Crippen molar-refractivity contribution in [3.63, 3.8) is 0 Å². The maximum Gasteiger partial charge on any atom is 0.315 e. The van der Waals surface area contributed by atoms with Crippen LogP contribution in [0.5, 0.6) is 11.5 Å². The van der Waals surface area contributed by atoms with Crippen LogP contribution >= 0.6 is 0 Å². The molecule has 0 unspecified atom stereocenters. The average Bonchev–Trinajstić information content (AvgIpc) is 3.06. The normalized spacial score (nSPS) is 11.4. The van der Waals surface area contributed by atoms with Crippen LogP contribution in [0.2, 0.25) is 0 Å². The van der Waals surface area contributed by atoms with E-state index >= 15 is 0 Å². The van der Waals surface area contributed by atoms with Crippen molar-refractivity contribution in [3.8, 4) is 17.6 Å². The molecule has 0 saturated carbocycles. The number of hydrogen-bond acceptors (Lipinski definition) is 6. The number of ether oxygens (including phenoxy) is 1. The van der Waals surface area contributed by atoms with E-state index in [9.17, 15) is 20.5 Å². The first-order valence-electron chi connectivity index (χ1n) is 8.71. The minimum absolute atomic E-state index is 0.00997. The predicted molar refractivity (Wildman–Crippen MR) is 105 cm³/mol. The van der Waals surface area contributed by atoms with E-state index < -0.39 is 16.4 Å². The van der Waals surface area contributed by atoms with Gasteiger partial charge in [-0.25, -0.2) is 4.98 Å². The number of nitriles is 1. The number of nitrogens with zero attached hydrogens (tertiary/aromatic N) is 4. The molecule has 0 atom stereocenters. The van der Waals surface area contributed by atoms with Crippen LogP contribution in [0.25, 0.3) is 22.7 Å². The number of phenolic OH excluding ortho intramolecular Hbond substituents is 1. The van der Waals surface area contributed by atoms with E-state index in [1.54, 1.807) is 6.92 Å². The summed E-state index contributed by atoms with van der Waals surface area (Å²) in [7, 11) is 0. The fourth-order valence-electron chi connectivity index (χ4n) is 3.02. The lowest BCUT2D eigenvalue weighted by atomic mass is 10.1. The number of nitro benzene ring substituents is 1. The Morgan fingerprint density at radius 3 is 2.79 bits per heavy atom. The summed E-state index contributed by atoms with van der Waals surface area (Å²) in [5, 5.41) is 31.0. The molecule has 0 fully saturated rings. The van der Waals surface area contributed by atoms with E-state index in [-0.39, 0.29) is 17.9 Å². The Morgan fingerprint density at radius 2 is 2.14 bits per heavy atom. The summed E-state index contributed by atoms with van der Waals surface area (Å²) >= 11 is 0. The number of benzene rings is 2. The second kappa shape index (κ2) is 7.80. The van der Waals surface area contributed by atoms with E-state index in [0.29, 0.717) is 17.9 Å². The molecule has 8 nitrogen and oxygen atoms in total. The second-order valence-electron chi connectivity index (χ2n) is 5.92. The van der Waals surface area contributed by atoms with Gasteiger partial charge in [0.25, 0.3) is 0 Å². The third kappa shape index (κ3) is 3.38. The van der Waals surface area contributed by atoms with Gasteiger partial charge in [-0.05, 0) is 43.7 Å². The highest BCUT2D eigenvalue weighted by Gasteiger charge is 2.21. The number of fused-ring (bicyclic) bond motifs is 1. The van der Waals surface area contributed by atoms with Crippen molar-refractivity contribution in [3.05, 3.63) is 57.9 Å². The number of para-hydroxylation sites is 2. The Bertz CT molecular complexity index is 1130. The molecule has 28 heavy (non-hydrogen) atoms. The topological polar surface area (TPSA) is 114 Å². The maximum atomic E-state index is 11.3. The van der Waals surface area contributed by atoms with Gasteiger partial charge < -0.3 is 14.4 Å². The molecule has 0 aliphatic carbocycles. The number of phenols is 1. The lowest BCUT2D eigenvalue weighted by Gasteiger charge is -2.08. The number of aromatic hydroxyl groups is 1. The molecule has 1 heterocycles. The summed E-state index contributed by atoms with van der Waals surface area (Å²) in [6, 6.07) is 12.3. The zero-order valence-corrected chi connectivity index (χ0v) is 15.4. The number of hydrogen-bond donors (Lipinski definition) is 1. The Kier molecular flexibility index (Phi) is 5.27. The van der Waals surface area contributed by atoms with Gasteiger partial charge in [-0.2, -0.15) is 5.26 Å². The van der Waals surface area contributed by atoms with Gasteiger partial charge in [0.15, 0.2) is 11.6 Å². The van der Waals surface area contributed by atoms with E-state index in [4.69, 9.17) is 4.74 Å². The monoisotopic (exact) mass is 378 g/mol. The molecule has 0 saturated heterocycles. The van der Waals surface area contributed by atoms with Crippen molar-refractivity contribution in [2.45, 2.75) is 20.4 Å². The van der Waals surface area contributed by atoms with Crippen LogP contribution in [0.3, 0.4) is 0 Å². The fourth-order valence-corrected chi connectivity index (χ4v) is 3.02.